The zero-order chi connectivity index (χ0) is 28.3. The van der Waals surface area contributed by atoms with Crippen molar-refractivity contribution in [1.82, 2.24) is 30.3 Å². The number of nitrogens with zero attached hydrogens (tertiary/aromatic N) is 4. The first-order valence-electron chi connectivity index (χ1n) is 12.7. The van der Waals surface area contributed by atoms with Crippen molar-refractivity contribution in [3.63, 3.8) is 0 Å². The molecular formula is C25H29F5N6O3. The van der Waals surface area contributed by atoms with E-state index in [9.17, 15) is 36.3 Å². The number of imide groups is 1. The molecule has 2 aliphatic rings. The van der Waals surface area contributed by atoms with Crippen molar-refractivity contribution < 1.29 is 36.3 Å². The lowest BCUT2D eigenvalue weighted by Gasteiger charge is -2.36. The Morgan fingerprint density at radius 2 is 1.87 bits per heavy atom. The molecule has 2 atom stereocenters. The van der Waals surface area contributed by atoms with Crippen LogP contribution < -0.4 is 5.32 Å². The first kappa shape index (κ1) is 28.4. The highest BCUT2D eigenvalue weighted by molar-refractivity contribution is 6.02. The Bertz CT molecular complexity index is 1210. The first-order chi connectivity index (χ1) is 18.4. The smallest absolute Gasteiger partial charge is 0.343 e. The van der Waals surface area contributed by atoms with Gasteiger partial charge in [-0.2, -0.15) is 18.3 Å². The van der Waals surface area contributed by atoms with Gasteiger partial charge in [0.25, 0.3) is 0 Å². The summed E-state index contributed by atoms with van der Waals surface area (Å²) in [6, 6.07) is 3.25. The summed E-state index contributed by atoms with van der Waals surface area (Å²) in [6.45, 7) is 2.36. The zero-order valence-electron chi connectivity index (χ0n) is 21.2. The number of urea groups is 1. The molecule has 0 bridgehead atoms. The predicted molar refractivity (Wildman–Crippen MR) is 127 cm³/mol. The van der Waals surface area contributed by atoms with Crippen LogP contribution in [0.3, 0.4) is 0 Å². The first-order valence-corrected chi connectivity index (χ1v) is 12.7. The quantitative estimate of drug-likeness (QED) is 0.361. The third-order valence-corrected chi connectivity index (χ3v) is 7.24. The molecule has 39 heavy (non-hydrogen) atoms. The molecule has 1 aromatic heterocycles. The number of rotatable bonds is 9. The summed E-state index contributed by atoms with van der Waals surface area (Å²) in [5, 5.41) is 8.46. The minimum atomic E-state index is -4.49. The largest absolute Gasteiger partial charge is 0.396 e. The molecule has 2 N–H and O–H groups in total. The van der Waals surface area contributed by atoms with Crippen LogP contribution in [0.1, 0.15) is 68.1 Å². The molecule has 4 rings (SSSR count). The van der Waals surface area contributed by atoms with Crippen LogP contribution in [0.15, 0.2) is 18.2 Å². The summed E-state index contributed by atoms with van der Waals surface area (Å²) in [4.78, 5) is 43.7. The second-order valence-electron chi connectivity index (χ2n) is 10.0. The number of aromatic amines is 1. The average Bonchev–Trinajstić information content (AvgIpc) is 3.47. The second kappa shape index (κ2) is 11.7. The van der Waals surface area contributed by atoms with Gasteiger partial charge in [-0.05, 0) is 43.2 Å². The van der Waals surface area contributed by atoms with E-state index in [4.69, 9.17) is 0 Å². The molecule has 0 saturated carbocycles. The Kier molecular flexibility index (Phi) is 8.50. The van der Waals surface area contributed by atoms with Crippen molar-refractivity contribution in [2.24, 2.45) is 0 Å². The Morgan fingerprint density at radius 1 is 1.15 bits per heavy atom. The summed E-state index contributed by atoms with van der Waals surface area (Å²) in [6.07, 6.45) is -4.37. The summed E-state index contributed by atoms with van der Waals surface area (Å²) in [5.74, 6) is -3.98. The van der Waals surface area contributed by atoms with Gasteiger partial charge in [-0.15, -0.1) is 0 Å². The van der Waals surface area contributed by atoms with Crippen molar-refractivity contribution in [3.8, 4) is 0 Å². The summed E-state index contributed by atoms with van der Waals surface area (Å²) in [5.41, 5.74) is 0.166. The van der Waals surface area contributed by atoms with Crippen LogP contribution in [-0.4, -0.2) is 74.7 Å². The van der Waals surface area contributed by atoms with E-state index in [1.807, 2.05) is 0 Å². The van der Waals surface area contributed by atoms with Gasteiger partial charge in [0.05, 0.1) is 0 Å². The number of amides is 4. The maximum atomic E-state index is 14.3. The number of H-pyrrole nitrogens is 1. The van der Waals surface area contributed by atoms with Crippen molar-refractivity contribution in [1.29, 1.82) is 0 Å². The van der Waals surface area contributed by atoms with Crippen molar-refractivity contribution in [2.75, 3.05) is 19.6 Å². The molecule has 2 aromatic rings. The number of benzene rings is 1. The van der Waals surface area contributed by atoms with E-state index in [2.05, 4.69) is 20.5 Å². The number of hydrogen-bond acceptors (Lipinski definition) is 5. The number of piperidine rings is 1. The topological polar surface area (TPSA) is 111 Å². The van der Waals surface area contributed by atoms with Gasteiger partial charge in [-0.3, -0.25) is 20.0 Å². The number of aromatic nitrogens is 3. The monoisotopic (exact) mass is 556 g/mol. The number of hydrogen-bond donors (Lipinski definition) is 2. The molecule has 2 fully saturated rings. The van der Waals surface area contributed by atoms with E-state index < -0.39 is 42.1 Å². The Labute approximate surface area is 221 Å². The molecule has 2 saturated heterocycles. The van der Waals surface area contributed by atoms with Crippen molar-refractivity contribution >= 4 is 17.8 Å². The third kappa shape index (κ3) is 7.09. The highest BCUT2D eigenvalue weighted by Gasteiger charge is 2.36. The highest BCUT2D eigenvalue weighted by atomic mass is 19.4. The Morgan fingerprint density at radius 3 is 2.51 bits per heavy atom. The van der Waals surface area contributed by atoms with Gasteiger partial charge in [-0.1, -0.05) is 19.1 Å². The van der Waals surface area contributed by atoms with Gasteiger partial charge in [0, 0.05) is 31.5 Å². The molecule has 4 amide bonds. The SMILES string of the molecule is CC(CCC(CC(=O)N1CCC(N2CC(=O)NC2=O)CC1)c1n[nH]c(CC(F)(F)F)n1)c1cccc(F)c1F. The summed E-state index contributed by atoms with van der Waals surface area (Å²) in [7, 11) is 0. The van der Waals surface area contributed by atoms with Gasteiger partial charge in [0.15, 0.2) is 17.5 Å². The second-order valence-corrected chi connectivity index (χ2v) is 10.0. The minimum Gasteiger partial charge on any atom is -0.343 e. The van der Waals surface area contributed by atoms with Crippen molar-refractivity contribution in [3.05, 3.63) is 47.0 Å². The fourth-order valence-electron chi connectivity index (χ4n) is 5.11. The van der Waals surface area contributed by atoms with Gasteiger partial charge >= 0.3 is 12.2 Å². The fraction of sp³-hybridized carbons (Fsp3) is 0.560. The average molecular weight is 557 g/mol. The lowest BCUT2D eigenvalue weighted by atomic mass is 9.89. The number of alkyl halides is 3. The number of likely N-dealkylation sites (tertiary alicyclic amines) is 1. The van der Waals surface area contributed by atoms with Gasteiger partial charge in [0.1, 0.15) is 18.8 Å². The van der Waals surface area contributed by atoms with Crippen LogP contribution in [0.4, 0.5) is 26.7 Å². The Balaban J connectivity index is 1.42. The van der Waals surface area contributed by atoms with E-state index in [-0.39, 0.29) is 54.5 Å². The van der Waals surface area contributed by atoms with Crippen molar-refractivity contribution in [2.45, 2.75) is 69.5 Å². The van der Waals surface area contributed by atoms with Crippen LogP contribution in [0, 0.1) is 11.6 Å². The highest BCUT2D eigenvalue weighted by Crippen LogP contribution is 2.32. The van der Waals surface area contributed by atoms with Gasteiger partial charge in [-0.25, -0.2) is 18.6 Å². The lowest BCUT2D eigenvalue weighted by Crippen LogP contribution is -2.47. The maximum Gasteiger partial charge on any atom is 0.396 e. The molecule has 212 valence electrons. The van der Waals surface area contributed by atoms with Crippen LogP contribution in [0.25, 0.3) is 0 Å². The van der Waals surface area contributed by atoms with E-state index in [1.54, 1.807) is 11.8 Å². The number of nitrogens with one attached hydrogen (secondary N) is 2. The Hall–Kier alpha value is -3.58. The molecule has 0 radical (unpaired) electrons. The number of carbonyl (C=O) groups excluding carboxylic acids is 3. The zero-order valence-corrected chi connectivity index (χ0v) is 21.2. The lowest BCUT2D eigenvalue weighted by molar-refractivity contribution is -0.133. The molecule has 1 aromatic carbocycles. The molecular weight excluding hydrogens is 527 g/mol. The van der Waals surface area contributed by atoms with E-state index in [0.29, 0.717) is 32.4 Å². The normalized spacial score (nSPS) is 18.4. The summed E-state index contributed by atoms with van der Waals surface area (Å²) >= 11 is 0. The molecule has 2 aliphatic heterocycles. The molecule has 14 heteroatoms. The van der Waals surface area contributed by atoms with Crippen LogP contribution in [0.5, 0.6) is 0 Å². The van der Waals surface area contributed by atoms with E-state index in [1.165, 1.54) is 17.0 Å². The standard InChI is InChI=1S/C25H29F5N6O3/c1-14(17-3-2-4-18(26)22(17)27)5-6-15(23-31-19(33-34-23)12-25(28,29)30)11-21(38)35-9-7-16(8-10-35)36-13-20(37)32-24(36)39/h2-4,14-16H,5-13H2,1H3,(H,31,33,34)(H,32,37,39). The molecule has 0 aliphatic carbocycles. The van der Waals surface area contributed by atoms with Gasteiger partial charge < -0.3 is 9.80 Å². The van der Waals surface area contributed by atoms with Crippen LogP contribution >= 0.6 is 0 Å². The molecule has 0 spiro atoms. The molecule has 2 unspecified atom stereocenters. The van der Waals surface area contributed by atoms with E-state index in [0.717, 1.165) is 6.07 Å². The van der Waals surface area contributed by atoms with E-state index >= 15 is 0 Å². The summed E-state index contributed by atoms with van der Waals surface area (Å²) < 4.78 is 66.5. The molecule has 9 nitrogen and oxygen atoms in total. The third-order valence-electron chi connectivity index (χ3n) is 7.24. The maximum absolute atomic E-state index is 14.3. The van der Waals surface area contributed by atoms with Gasteiger partial charge in [0.2, 0.25) is 11.8 Å². The fourth-order valence-corrected chi connectivity index (χ4v) is 5.11. The van der Waals surface area contributed by atoms with Crippen LogP contribution in [0.2, 0.25) is 0 Å². The number of halogens is 5. The molecule has 3 heterocycles. The minimum absolute atomic E-state index is 0.0191. The van der Waals surface area contributed by atoms with Crippen LogP contribution in [-0.2, 0) is 16.0 Å². The predicted octanol–water partition coefficient (Wildman–Crippen LogP) is 3.79. The number of carbonyl (C=O) groups is 3.